The second kappa shape index (κ2) is 6.13. The van der Waals surface area contributed by atoms with Gasteiger partial charge in [0.1, 0.15) is 0 Å². The fraction of sp³-hybridized carbons (Fsp3) is 0.0556. The Morgan fingerprint density at radius 1 is 0.923 bits per heavy atom. The zero-order valence-electron chi connectivity index (χ0n) is 13.3. The first-order valence-corrected chi connectivity index (χ1v) is 8.67. The Hall–Kier alpha value is -2.34. The fourth-order valence-electron chi connectivity index (χ4n) is 2.87. The minimum absolute atomic E-state index is 0.228. The van der Waals surface area contributed by atoms with Gasteiger partial charge in [0.2, 0.25) is 0 Å². The van der Waals surface area contributed by atoms with Crippen LogP contribution in [0.4, 0.5) is 0 Å². The van der Waals surface area contributed by atoms with Gasteiger partial charge >= 0.3 is 5.69 Å². The largest absolute Gasteiger partial charge is 0.352 e. The lowest BCUT2D eigenvalue weighted by Crippen LogP contribution is -2.35. The molecular formula is C18H10Cl3N3O2. The van der Waals surface area contributed by atoms with Crippen molar-refractivity contribution in [3.8, 4) is 17.1 Å². The summed E-state index contributed by atoms with van der Waals surface area (Å²) in [6.07, 6.45) is 0. The number of pyridine rings is 1. The average molecular weight is 407 g/mol. The summed E-state index contributed by atoms with van der Waals surface area (Å²) >= 11 is 18.4. The third-order valence-corrected chi connectivity index (χ3v) is 5.14. The molecule has 130 valence electrons. The second-order valence-electron chi connectivity index (χ2n) is 5.78. The zero-order chi connectivity index (χ0) is 18.6. The van der Waals surface area contributed by atoms with Gasteiger partial charge in [-0.1, -0.05) is 40.9 Å². The Morgan fingerprint density at radius 2 is 1.69 bits per heavy atom. The quantitative estimate of drug-likeness (QED) is 0.446. The van der Waals surface area contributed by atoms with Crippen molar-refractivity contribution in [1.29, 1.82) is 0 Å². The highest BCUT2D eigenvalue weighted by atomic mass is 35.5. The van der Waals surface area contributed by atoms with Crippen LogP contribution in [0.2, 0.25) is 15.1 Å². The van der Waals surface area contributed by atoms with E-state index >= 15 is 0 Å². The molecule has 0 unspecified atom stereocenters. The van der Waals surface area contributed by atoms with Crippen molar-refractivity contribution in [2.45, 2.75) is 0 Å². The van der Waals surface area contributed by atoms with E-state index < -0.39 is 11.2 Å². The van der Waals surface area contributed by atoms with Crippen LogP contribution in [-0.2, 0) is 7.05 Å². The van der Waals surface area contributed by atoms with Crippen LogP contribution >= 0.6 is 34.8 Å². The van der Waals surface area contributed by atoms with E-state index in [1.54, 1.807) is 47.0 Å². The Kier molecular flexibility index (Phi) is 4.03. The molecule has 2 aliphatic heterocycles. The summed E-state index contributed by atoms with van der Waals surface area (Å²) in [6.45, 7) is 0. The molecule has 0 spiro atoms. The summed E-state index contributed by atoms with van der Waals surface area (Å²) in [7, 11) is 1.40. The van der Waals surface area contributed by atoms with Gasteiger partial charge in [-0.3, -0.25) is 13.9 Å². The van der Waals surface area contributed by atoms with Crippen LogP contribution in [0.25, 0.3) is 28.0 Å². The minimum Gasteiger partial charge on any atom is -0.293 e. The molecule has 0 saturated carbocycles. The van der Waals surface area contributed by atoms with E-state index in [-0.39, 0.29) is 5.82 Å². The van der Waals surface area contributed by atoms with Crippen LogP contribution in [0.1, 0.15) is 0 Å². The third kappa shape index (κ3) is 2.60. The summed E-state index contributed by atoms with van der Waals surface area (Å²) in [6, 6.07) is 12.0. The molecule has 2 heterocycles. The fourth-order valence-corrected chi connectivity index (χ4v) is 3.33. The molecule has 0 aromatic heterocycles. The lowest BCUT2D eigenvalue weighted by Gasteiger charge is -2.19. The SMILES string of the molecule is Cn1c(=O)nc2n(-c3ccc(Cl)c(Cl)c3)c3cc(Cl)ccc3cc-2c1=O. The van der Waals surface area contributed by atoms with Gasteiger partial charge in [-0.05, 0) is 41.8 Å². The first kappa shape index (κ1) is 17.1. The highest BCUT2D eigenvalue weighted by Crippen LogP contribution is 2.32. The van der Waals surface area contributed by atoms with Crippen molar-refractivity contribution in [3.05, 3.63) is 78.4 Å². The Balaban J connectivity index is 2.26. The Labute approximate surface area is 162 Å². The predicted octanol–water partition coefficient (Wildman–Crippen LogP) is 4.15. The van der Waals surface area contributed by atoms with Crippen molar-refractivity contribution in [1.82, 2.24) is 14.1 Å². The number of rotatable bonds is 1. The normalized spacial score (nSPS) is 11.4. The van der Waals surface area contributed by atoms with Gasteiger partial charge in [-0.2, -0.15) is 4.98 Å². The van der Waals surface area contributed by atoms with Crippen molar-refractivity contribution in [3.63, 3.8) is 0 Å². The monoisotopic (exact) mass is 405 g/mol. The van der Waals surface area contributed by atoms with E-state index in [1.807, 2.05) is 0 Å². The van der Waals surface area contributed by atoms with Gasteiger partial charge in [-0.15, -0.1) is 0 Å². The lowest BCUT2D eigenvalue weighted by molar-refractivity contribution is 0.766. The van der Waals surface area contributed by atoms with Gasteiger partial charge in [0.25, 0.3) is 5.56 Å². The topological polar surface area (TPSA) is 56.9 Å². The van der Waals surface area contributed by atoms with E-state index in [1.165, 1.54) is 7.05 Å². The van der Waals surface area contributed by atoms with Crippen LogP contribution < -0.4 is 11.2 Å². The predicted molar refractivity (Wildman–Crippen MR) is 104 cm³/mol. The van der Waals surface area contributed by atoms with Crippen molar-refractivity contribution in [2.75, 3.05) is 0 Å². The molecule has 0 fully saturated rings. The maximum atomic E-state index is 12.6. The first-order valence-electron chi connectivity index (χ1n) is 7.54. The molecule has 0 radical (unpaired) electrons. The summed E-state index contributed by atoms with van der Waals surface area (Å²) in [4.78, 5) is 28.8. The molecular weight excluding hydrogens is 397 g/mol. The lowest BCUT2D eigenvalue weighted by atomic mass is 10.1. The molecule has 2 aromatic rings. The number of nitrogens with zero attached hydrogens (tertiary/aromatic N) is 3. The Morgan fingerprint density at radius 3 is 2.42 bits per heavy atom. The van der Waals surface area contributed by atoms with E-state index in [4.69, 9.17) is 34.8 Å². The van der Waals surface area contributed by atoms with Gasteiger partial charge in [0.15, 0.2) is 5.82 Å². The number of fused-ring (bicyclic) bond motifs is 2. The molecule has 0 aliphatic carbocycles. The number of halogens is 3. The highest BCUT2D eigenvalue weighted by Gasteiger charge is 2.20. The van der Waals surface area contributed by atoms with E-state index in [0.717, 1.165) is 9.95 Å². The van der Waals surface area contributed by atoms with E-state index in [0.29, 0.717) is 31.8 Å². The molecule has 0 atom stereocenters. The van der Waals surface area contributed by atoms with Gasteiger partial charge in [0.05, 0.1) is 21.1 Å². The molecule has 2 aliphatic rings. The number of hydrogen-bond acceptors (Lipinski definition) is 3. The molecule has 8 heteroatoms. The molecule has 0 N–H and O–H groups in total. The van der Waals surface area contributed by atoms with Crippen LogP contribution in [-0.4, -0.2) is 14.1 Å². The van der Waals surface area contributed by atoms with Crippen molar-refractivity contribution >= 4 is 45.7 Å². The molecule has 2 aromatic carbocycles. The summed E-state index contributed by atoms with van der Waals surface area (Å²) in [5.41, 5.74) is 0.539. The smallest absolute Gasteiger partial charge is 0.293 e. The average Bonchev–Trinajstić information content (AvgIpc) is 2.61. The summed E-state index contributed by atoms with van der Waals surface area (Å²) in [5.74, 6) is 0.228. The van der Waals surface area contributed by atoms with E-state index in [9.17, 15) is 9.59 Å². The van der Waals surface area contributed by atoms with Gasteiger partial charge in [-0.25, -0.2) is 4.79 Å². The second-order valence-corrected chi connectivity index (χ2v) is 7.03. The standard InChI is InChI=1S/C18H10Cl3N3O2/c1-23-17(25)12-6-9-2-3-10(19)7-15(9)24(16(12)22-18(23)26)11-4-5-13(20)14(21)8-11/h2-8H,1H3. The molecule has 4 rings (SSSR count). The van der Waals surface area contributed by atoms with Crippen molar-refractivity contribution in [2.24, 2.45) is 7.05 Å². The number of hydrogen-bond donors (Lipinski definition) is 0. The molecule has 5 nitrogen and oxygen atoms in total. The molecule has 0 bridgehead atoms. The van der Waals surface area contributed by atoms with Gasteiger partial charge < -0.3 is 0 Å². The summed E-state index contributed by atoms with van der Waals surface area (Å²) < 4.78 is 2.66. The third-order valence-electron chi connectivity index (χ3n) is 4.17. The van der Waals surface area contributed by atoms with Crippen molar-refractivity contribution < 1.29 is 0 Å². The number of aromatic nitrogens is 3. The minimum atomic E-state index is -0.641. The summed E-state index contributed by atoms with van der Waals surface area (Å²) in [5, 5.41) is 2.02. The van der Waals surface area contributed by atoms with Crippen LogP contribution in [0.5, 0.6) is 0 Å². The maximum Gasteiger partial charge on any atom is 0.352 e. The van der Waals surface area contributed by atoms with Crippen LogP contribution in [0.15, 0.2) is 52.1 Å². The van der Waals surface area contributed by atoms with Crippen LogP contribution in [0, 0.1) is 0 Å². The molecule has 0 amide bonds. The number of benzene rings is 2. The van der Waals surface area contributed by atoms with Gasteiger partial charge in [0, 0.05) is 17.8 Å². The molecule has 0 saturated heterocycles. The molecule has 26 heavy (non-hydrogen) atoms. The Bertz CT molecular complexity index is 1280. The zero-order valence-corrected chi connectivity index (χ0v) is 15.6. The maximum absolute atomic E-state index is 12.6. The van der Waals surface area contributed by atoms with E-state index in [2.05, 4.69) is 4.98 Å². The first-order chi connectivity index (χ1) is 12.4. The highest BCUT2D eigenvalue weighted by molar-refractivity contribution is 6.42. The van der Waals surface area contributed by atoms with Crippen LogP contribution in [0.3, 0.4) is 0 Å².